The lowest BCUT2D eigenvalue weighted by Gasteiger charge is -2.34. The van der Waals surface area contributed by atoms with Gasteiger partial charge < -0.3 is 9.47 Å². The van der Waals surface area contributed by atoms with Crippen LogP contribution < -0.4 is 19.3 Å². The summed E-state index contributed by atoms with van der Waals surface area (Å²) in [4.78, 5) is 44.4. The van der Waals surface area contributed by atoms with Crippen molar-refractivity contribution in [3.05, 3.63) is 133 Å². The van der Waals surface area contributed by atoms with Crippen LogP contribution >= 0.6 is 38.5 Å². The molecule has 5 aromatic rings. The van der Waals surface area contributed by atoms with Crippen molar-refractivity contribution in [2.24, 2.45) is 0 Å². The zero-order valence-corrected chi connectivity index (χ0v) is 28.7. The summed E-state index contributed by atoms with van der Waals surface area (Å²) in [5, 5.41) is 1.57. The van der Waals surface area contributed by atoms with E-state index in [2.05, 4.69) is 38.5 Å². The van der Waals surface area contributed by atoms with Crippen molar-refractivity contribution in [2.75, 3.05) is 16.4 Å². The molecule has 1 fully saturated rings. The third-order valence-corrected chi connectivity index (χ3v) is 8.82. The summed E-state index contributed by atoms with van der Waals surface area (Å²) >= 11 is 5.61. The average molecular weight is 787 g/mol. The fourth-order valence-electron chi connectivity index (χ4n) is 5.24. The second kappa shape index (κ2) is 13.5. The Kier molecular flexibility index (Phi) is 9.23. The molecule has 0 saturated carbocycles. The van der Waals surface area contributed by atoms with E-state index < -0.39 is 17.8 Å². The van der Waals surface area contributed by atoms with E-state index >= 15 is 0 Å². The number of carbonyl (C=O) groups excluding carboxylic acids is 3. The van der Waals surface area contributed by atoms with Crippen LogP contribution in [0, 0.1) is 10.5 Å². The molecule has 1 saturated heterocycles. The highest BCUT2D eigenvalue weighted by Gasteiger charge is 2.44. The molecule has 4 amide bonds. The van der Waals surface area contributed by atoms with Crippen LogP contribution in [-0.2, 0) is 16.2 Å². The highest BCUT2D eigenvalue weighted by atomic mass is 127. The van der Waals surface area contributed by atoms with Gasteiger partial charge in [0.1, 0.15) is 12.2 Å². The van der Waals surface area contributed by atoms with Gasteiger partial charge in [0.05, 0.1) is 21.6 Å². The minimum atomic E-state index is -0.742. The summed E-state index contributed by atoms with van der Waals surface area (Å²) in [6.07, 6.45) is 1.51. The summed E-state index contributed by atoms with van der Waals surface area (Å²) in [5.74, 6) is -0.383. The van der Waals surface area contributed by atoms with Gasteiger partial charge in [-0.05, 0) is 101 Å². The highest BCUT2D eigenvalue weighted by molar-refractivity contribution is 14.1. The van der Waals surface area contributed by atoms with Crippen LogP contribution in [0.15, 0.2) is 113 Å². The van der Waals surface area contributed by atoms with Crippen LogP contribution in [0.5, 0.6) is 11.5 Å². The van der Waals surface area contributed by atoms with Crippen LogP contribution in [0.2, 0.25) is 0 Å². The highest BCUT2D eigenvalue weighted by Crippen LogP contribution is 2.38. The summed E-state index contributed by atoms with van der Waals surface area (Å²) in [7, 11) is 0. The first kappa shape index (κ1) is 31.5. The Morgan fingerprint density at radius 3 is 2.24 bits per heavy atom. The molecular weight excluding hydrogens is 759 g/mol. The average Bonchev–Trinajstić information content (AvgIpc) is 3.05. The maximum absolute atomic E-state index is 14.2. The lowest BCUT2D eigenvalue weighted by molar-refractivity contribution is -0.121. The molecular formula is C37H28BrIN2O5. The molecule has 0 radical (unpaired) electrons. The third kappa shape index (κ3) is 6.29. The Morgan fingerprint density at radius 1 is 0.804 bits per heavy atom. The Bertz CT molecular complexity index is 2000. The summed E-state index contributed by atoms with van der Waals surface area (Å²) in [6, 6.07) is 30.6. The van der Waals surface area contributed by atoms with Crippen molar-refractivity contribution < 1.29 is 23.9 Å². The molecule has 230 valence electrons. The van der Waals surface area contributed by atoms with Gasteiger partial charge in [-0.2, -0.15) is 0 Å². The topological polar surface area (TPSA) is 76.2 Å². The van der Waals surface area contributed by atoms with Gasteiger partial charge >= 0.3 is 6.03 Å². The van der Waals surface area contributed by atoms with E-state index in [0.29, 0.717) is 47.0 Å². The third-order valence-electron chi connectivity index (χ3n) is 7.49. The van der Waals surface area contributed by atoms with Gasteiger partial charge in [0.2, 0.25) is 0 Å². The molecule has 1 heterocycles. The van der Waals surface area contributed by atoms with Crippen LogP contribution in [0.25, 0.3) is 16.8 Å². The Morgan fingerprint density at radius 2 is 1.50 bits per heavy atom. The second-order valence-corrected chi connectivity index (χ2v) is 12.7. The zero-order chi connectivity index (χ0) is 32.4. The van der Waals surface area contributed by atoms with Crippen molar-refractivity contribution in [1.82, 2.24) is 0 Å². The van der Waals surface area contributed by atoms with E-state index in [9.17, 15) is 14.4 Å². The van der Waals surface area contributed by atoms with Crippen LogP contribution in [0.1, 0.15) is 23.6 Å². The maximum Gasteiger partial charge on any atom is 0.343 e. The van der Waals surface area contributed by atoms with E-state index in [1.165, 1.54) is 6.08 Å². The van der Waals surface area contributed by atoms with Crippen molar-refractivity contribution in [1.29, 1.82) is 0 Å². The van der Waals surface area contributed by atoms with E-state index in [4.69, 9.17) is 9.47 Å². The predicted molar refractivity (Wildman–Crippen MR) is 192 cm³/mol. The van der Waals surface area contributed by atoms with Gasteiger partial charge in [-0.25, -0.2) is 14.6 Å². The molecule has 0 bridgehead atoms. The molecule has 1 aliphatic rings. The molecule has 0 N–H and O–H groups in total. The molecule has 0 aromatic heterocycles. The maximum atomic E-state index is 14.2. The molecule has 6 rings (SSSR count). The van der Waals surface area contributed by atoms with Gasteiger partial charge in [-0.1, -0.05) is 82.2 Å². The van der Waals surface area contributed by atoms with Gasteiger partial charge in [0, 0.05) is 9.86 Å². The van der Waals surface area contributed by atoms with Crippen molar-refractivity contribution >= 4 is 84.6 Å². The summed E-state index contributed by atoms with van der Waals surface area (Å²) in [6.45, 7) is 4.50. The number of rotatable bonds is 8. The lowest BCUT2D eigenvalue weighted by atomic mass is 10.0. The van der Waals surface area contributed by atoms with Crippen molar-refractivity contribution in [3.8, 4) is 11.5 Å². The molecule has 7 nitrogen and oxygen atoms in total. The molecule has 5 aromatic carbocycles. The summed E-state index contributed by atoms with van der Waals surface area (Å²) in [5.41, 5.74) is 3.11. The number of amides is 4. The molecule has 0 unspecified atom stereocenters. The van der Waals surface area contributed by atoms with E-state index in [1.54, 1.807) is 30.3 Å². The van der Waals surface area contributed by atoms with Gasteiger partial charge in [-0.15, -0.1) is 0 Å². The number of aryl methyl sites for hydroxylation is 1. The van der Waals surface area contributed by atoms with Gasteiger partial charge in [-0.3, -0.25) is 9.59 Å². The molecule has 1 aliphatic heterocycles. The number of carbonyl (C=O) groups is 3. The number of hydrogen-bond donors (Lipinski definition) is 0. The van der Waals surface area contributed by atoms with Crippen LogP contribution in [0.4, 0.5) is 16.2 Å². The first-order valence-electron chi connectivity index (χ1n) is 14.6. The molecule has 9 heteroatoms. The number of ether oxygens (including phenoxy) is 2. The number of halogens is 2. The number of nitrogens with zero attached hydrogens (tertiary/aromatic N) is 2. The number of fused-ring (bicyclic) bond motifs is 1. The number of hydrogen-bond acceptors (Lipinski definition) is 5. The van der Waals surface area contributed by atoms with Crippen molar-refractivity contribution in [2.45, 2.75) is 20.5 Å². The number of imide groups is 2. The van der Waals surface area contributed by atoms with Crippen LogP contribution in [-0.4, -0.2) is 24.5 Å². The molecule has 0 atom stereocenters. The van der Waals surface area contributed by atoms with E-state index in [-0.39, 0.29) is 5.57 Å². The standard InChI is InChI=1S/C37H28BrIN2O5/c1-3-45-33-21-25(20-31(39)34(33)46-22-24-13-15-27(38)16-14-24)19-30-35(42)40(28-17-11-23(2)12-18-28)37(44)41(36(30)43)32-10-6-8-26-7-4-5-9-29(26)32/h4-21H,3,22H2,1-2H3/b30-19+. The monoisotopic (exact) mass is 786 g/mol. The van der Waals surface area contributed by atoms with Gasteiger partial charge in [0.25, 0.3) is 11.8 Å². The second-order valence-electron chi connectivity index (χ2n) is 10.6. The first-order valence-corrected chi connectivity index (χ1v) is 16.4. The summed E-state index contributed by atoms with van der Waals surface area (Å²) < 4.78 is 13.9. The van der Waals surface area contributed by atoms with E-state index in [1.807, 2.05) is 86.6 Å². The fraction of sp³-hybridized carbons (Fsp3) is 0.108. The number of barbiturate groups is 1. The minimum Gasteiger partial charge on any atom is -0.490 e. The molecule has 46 heavy (non-hydrogen) atoms. The first-order chi connectivity index (χ1) is 22.2. The fourth-order valence-corrected chi connectivity index (χ4v) is 6.29. The number of benzene rings is 5. The minimum absolute atomic E-state index is 0.158. The quantitative estimate of drug-likeness (QED) is 0.0892. The predicted octanol–water partition coefficient (Wildman–Crippen LogP) is 9.08. The lowest BCUT2D eigenvalue weighted by Crippen LogP contribution is -2.57. The molecule has 0 spiro atoms. The van der Waals surface area contributed by atoms with Crippen LogP contribution in [0.3, 0.4) is 0 Å². The van der Waals surface area contributed by atoms with E-state index in [0.717, 1.165) is 34.4 Å². The van der Waals surface area contributed by atoms with Gasteiger partial charge in [0.15, 0.2) is 11.5 Å². The zero-order valence-electron chi connectivity index (χ0n) is 25.0. The SMILES string of the molecule is CCOc1cc(/C=C2\C(=O)N(c3ccc(C)cc3)C(=O)N(c3cccc4ccccc34)C2=O)cc(I)c1OCc1ccc(Br)cc1. The molecule has 0 aliphatic carbocycles. The normalized spacial score (nSPS) is 14.3. The Labute approximate surface area is 288 Å². The smallest absolute Gasteiger partial charge is 0.343 e. The Balaban J connectivity index is 1.44. The van der Waals surface area contributed by atoms with Crippen molar-refractivity contribution in [3.63, 3.8) is 0 Å². The number of urea groups is 1. The largest absolute Gasteiger partial charge is 0.490 e. The number of anilines is 2. The Hall–Kier alpha value is -4.48.